The minimum atomic E-state index is 0.573. The van der Waals surface area contributed by atoms with Crippen LogP contribution >= 0.6 is 11.3 Å². The highest BCUT2D eigenvalue weighted by atomic mass is 32.1. The quantitative estimate of drug-likeness (QED) is 0.784. The Labute approximate surface area is 119 Å². The fourth-order valence-electron chi connectivity index (χ4n) is 2.77. The first-order valence-corrected chi connectivity index (χ1v) is 7.75. The zero-order valence-corrected chi connectivity index (χ0v) is 11.7. The second-order valence-corrected chi connectivity index (χ2v) is 6.48. The van der Waals surface area contributed by atoms with E-state index >= 15 is 0 Å². The van der Waals surface area contributed by atoms with Gasteiger partial charge in [0.05, 0.1) is 0 Å². The molecule has 0 spiro atoms. The van der Waals surface area contributed by atoms with Crippen molar-refractivity contribution in [3.05, 3.63) is 35.2 Å². The van der Waals surface area contributed by atoms with E-state index in [1.165, 1.54) is 29.5 Å². The minimum absolute atomic E-state index is 0.573. The third-order valence-electron chi connectivity index (χ3n) is 4.04. The Hall–Kier alpha value is -1.79. The number of benzene rings is 1. The van der Waals surface area contributed by atoms with Gasteiger partial charge in [-0.05, 0) is 30.0 Å². The van der Waals surface area contributed by atoms with Crippen molar-refractivity contribution in [2.45, 2.75) is 31.8 Å². The number of rotatable bonds is 2. The molecule has 0 saturated heterocycles. The van der Waals surface area contributed by atoms with Gasteiger partial charge < -0.3 is 5.32 Å². The maximum absolute atomic E-state index is 4.72. The predicted octanol–water partition coefficient (Wildman–Crippen LogP) is 2.33. The Balaban J connectivity index is 1.63. The van der Waals surface area contributed by atoms with Crippen LogP contribution in [0.5, 0.6) is 0 Å². The maximum Gasteiger partial charge on any atom is 0.234 e. The Bertz CT molecular complexity index is 814. The lowest BCUT2D eigenvalue weighted by atomic mass is 10.1. The summed E-state index contributed by atoms with van der Waals surface area (Å²) in [5, 5.41) is 17.6. The lowest BCUT2D eigenvalue weighted by Gasteiger charge is -2.00. The van der Waals surface area contributed by atoms with Crippen molar-refractivity contribution in [2.24, 2.45) is 0 Å². The van der Waals surface area contributed by atoms with Crippen molar-refractivity contribution in [3.63, 3.8) is 0 Å². The number of fused-ring (bicyclic) bond motifs is 2. The first-order valence-electron chi connectivity index (χ1n) is 6.93. The number of aromatic nitrogens is 4. The Morgan fingerprint density at radius 2 is 2.05 bits per heavy atom. The maximum atomic E-state index is 4.72. The van der Waals surface area contributed by atoms with Crippen LogP contribution in [0.4, 0.5) is 0 Å². The summed E-state index contributed by atoms with van der Waals surface area (Å²) in [5.74, 6) is 1.61. The number of nitrogens with zero attached hydrogens (tertiary/aromatic N) is 4. The summed E-state index contributed by atoms with van der Waals surface area (Å²) in [6.45, 7) is 1.94. The molecule has 0 unspecified atom stereocenters. The fraction of sp³-hybridized carbons (Fsp3) is 0.357. The lowest BCUT2D eigenvalue weighted by molar-refractivity contribution is 0.765. The van der Waals surface area contributed by atoms with Gasteiger partial charge in [0.25, 0.3) is 0 Å². The third kappa shape index (κ3) is 1.55. The highest BCUT2D eigenvalue weighted by Gasteiger charge is 2.30. The normalized spacial score (nSPS) is 17.8. The van der Waals surface area contributed by atoms with Gasteiger partial charge in [0.15, 0.2) is 5.82 Å². The van der Waals surface area contributed by atoms with Crippen LogP contribution in [-0.2, 0) is 13.1 Å². The average molecular weight is 283 g/mol. The molecule has 0 radical (unpaired) electrons. The Kier molecular flexibility index (Phi) is 2.11. The van der Waals surface area contributed by atoms with Gasteiger partial charge in [-0.1, -0.05) is 23.5 Å². The van der Waals surface area contributed by atoms with Crippen molar-refractivity contribution in [2.75, 3.05) is 0 Å². The van der Waals surface area contributed by atoms with Crippen molar-refractivity contribution >= 4 is 16.3 Å². The third-order valence-corrected chi connectivity index (χ3v) is 4.99. The van der Waals surface area contributed by atoms with E-state index in [-0.39, 0.29) is 0 Å². The number of hydrogen-bond acceptors (Lipinski definition) is 5. The molecular weight excluding hydrogens is 270 g/mol. The Morgan fingerprint density at radius 3 is 2.95 bits per heavy atom. The lowest BCUT2D eigenvalue weighted by Crippen LogP contribution is -1.99. The summed E-state index contributed by atoms with van der Waals surface area (Å²) in [6, 6.07) is 6.61. The molecule has 1 aliphatic carbocycles. The summed E-state index contributed by atoms with van der Waals surface area (Å²) in [4.78, 5) is 0.903. The van der Waals surface area contributed by atoms with E-state index in [0.717, 1.165) is 28.9 Å². The molecule has 5 rings (SSSR count). The molecule has 0 bridgehead atoms. The summed E-state index contributed by atoms with van der Waals surface area (Å²) in [7, 11) is 0. The first-order chi connectivity index (χ1) is 9.88. The fourth-order valence-corrected chi connectivity index (χ4v) is 3.62. The molecule has 1 N–H and O–H groups in total. The molecule has 6 heteroatoms. The molecular formula is C14H13N5S. The zero-order valence-electron chi connectivity index (χ0n) is 10.8. The standard InChI is InChI=1S/C14H13N5S/c1-2-8(1)12-16-17-14-19(12)18-13(20-14)9-3-4-10-6-15-7-11(10)5-9/h3-5,8,15H,1-2,6-7H2. The summed E-state index contributed by atoms with van der Waals surface area (Å²) in [5.41, 5.74) is 3.97. The van der Waals surface area contributed by atoms with Crippen molar-refractivity contribution in [3.8, 4) is 10.6 Å². The topological polar surface area (TPSA) is 55.1 Å². The highest BCUT2D eigenvalue weighted by molar-refractivity contribution is 7.19. The summed E-state index contributed by atoms with van der Waals surface area (Å²) < 4.78 is 1.93. The van der Waals surface area contributed by atoms with Gasteiger partial charge in [-0.2, -0.15) is 9.61 Å². The zero-order chi connectivity index (χ0) is 13.1. The van der Waals surface area contributed by atoms with E-state index in [4.69, 9.17) is 5.10 Å². The van der Waals surface area contributed by atoms with E-state index in [2.05, 4.69) is 33.7 Å². The van der Waals surface area contributed by atoms with Gasteiger partial charge in [-0.3, -0.25) is 0 Å². The molecule has 3 aromatic rings. The molecule has 5 nitrogen and oxygen atoms in total. The highest BCUT2D eigenvalue weighted by Crippen LogP contribution is 2.40. The van der Waals surface area contributed by atoms with Crippen molar-refractivity contribution < 1.29 is 0 Å². The molecule has 1 aromatic carbocycles. The number of nitrogens with one attached hydrogen (secondary N) is 1. The average Bonchev–Trinajstić information content (AvgIpc) is 2.89. The molecule has 0 atom stereocenters. The van der Waals surface area contributed by atoms with Crippen LogP contribution in [0.3, 0.4) is 0 Å². The van der Waals surface area contributed by atoms with Crippen LogP contribution in [0.25, 0.3) is 15.5 Å². The van der Waals surface area contributed by atoms with Crippen LogP contribution in [0.15, 0.2) is 18.2 Å². The van der Waals surface area contributed by atoms with E-state index in [0.29, 0.717) is 5.92 Å². The molecule has 1 saturated carbocycles. The monoisotopic (exact) mass is 283 g/mol. The van der Waals surface area contributed by atoms with Crippen LogP contribution < -0.4 is 5.32 Å². The van der Waals surface area contributed by atoms with Gasteiger partial charge in [-0.25, -0.2) is 0 Å². The molecule has 0 amide bonds. The van der Waals surface area contributed by atoms with Crippen molar-refractivity contribution in [1.82, 2.24) is 25.1 Å². The smallest absolute Gasteiger partial charge is 0.234 e. The van der Waals surface area contributed by atoms with Gasteiger partial charge in [0.1, 0.15) is 5.01 Å². The molecule has 1 fully saturated rings. The van der Waals surface area contributed by atoms with E-state index in [1.807, 2.05) is 4.52 Å². The largest absolute Gasteiger partial charge is 0.309 e. The molecule has 2 aromatic heterocycles. The molecule has 1 aliphatic heterocycles. The molecule has 3 heterocycles. The summed E-state index contributed by atoms with van der Waals surface area (Å²) in [6.07, 6.45) is 2.44. The second kappa shape index (κ2) is 3.86. The molecule has 20 heavy (non-hydrogen) atoms. The molecule has 2 aliphatic rings. The number of hydrogen-bond donors (Lipinski definition) is 1. The minimum Gasteiger partial charge on any atom is -0.309 e. The van der Waals surface area contributed by atoms with Crippen LogP contribution in [-0.4, -0.2) is 19.8 Å². The van der Waals surface area contributed by atoms with Crippen LogP contribution in [0.1, 0.15) is 35.7 Å². The van der Waals surface area contributed by atoms with Gasteiger partial charge in [0, 0.05) is 24.6 Å². The van der Waals surface area contributed by atoms with E-state index in [9.17, 15) is 0 Å². The van der Waals surface area contributed by atoms with Gasteiger partial charge in [-0.15, -0.1) is 10.2 Å². The van der Waals surface area contributed by atoms with Crippen LogP contribution in [0, 0.1) is 0 Å². The van der Waals surface area contributed by atoms with E-state index in [1.54, 1.807) is 11.3 Å². The SMILES string of the molecule is c1cc2c(cc1-c1nn3c(C4CC4)nnc3s1)CNC2. The van der Waals surface area contributed by atoms with Gasteiger partial charge >= 0.3 is 0 Å². The van der Waals surface area contributed by atoms with E-state index < -0.39 is 0 Å². The predicted molar refractivity (Wildman–Crippen MR) is 76.6 cm³/mol. The Morgan fingerprint density at radius 1 is 1.15 bits per heavy atom. The van der Waals surface area contributed by atoms with Crippen LogP contribution in [0.2, 0.25) is 0 Å². The summed E-state index contributed by atoms with van der Waals surface area (Å²) >= 11 is 1.62. The first kappa shape index (κ1) is 10.9. The van der Waals surface area contributed by atoms with Gasteiger partial charge in [0.2, 0.25) is 4.96 Å². The second-order valence-electron chi connectivity index (χ2n) is 5.52. The van der Waals surface area contributed by atoms with Crippen molar-refractivity contribution in [1.29, 1.82) is 0 Å². The molecule has 100 valence electrons.